The number of halogens is 1. The minimum Gasteiger partial charge on any atom is -0.495 e. The first-order valence-corrected chi connectivity index (χ1v) is 6.09. The third-order valence-corrected chi connectivity index (χ3v) is 3.13. The van der Waals surface area contributed by atoms with E-state index in [-0.39, 0.29) is 10.3 Å². The van der Waals surface area contributed by atoms with Crippen LogP contribution >= 0.6 is 23.8 Å². The van der Waals surface area contributed by atoms with Crippen LogP contribution in [0.2, 0.25) is 5.02 Å². The van der Waals surface area contributed by atoms with Crippen molar-refractivity contribution >= 4 is 23.8 Å². The monoisotopic (exact) mass is 298 g/mol. The third-order valence-electron chi connectivity index (χ3n) is 2.54. The van der Waals surface area contributed by atoms with Crippen LogP contribution in [0.25, 0.3) is 5.69 Å². The Morgan fingerprint density at radius 2 is 1.95 bits per heavy atom. The van der Waals surface area contributed by atoms with Gasteiger partial charge in [0.05, 0.1) is 24.9 Å². The predicted molar refractivity (Wildman–Crippen MR) is 75.3 cm³/mol. The highest BCUT2D eigenvalue weighted by molar-refractivity contribution is 7.71. The molecule has 2 aromatic rings. The standard InChI is InChI=1S/C12H11ClN2O3S/c1-17-9-6-10(18-2)8(5-7(9)13)15-4-3-11(16)14-12(15)19/h3-6H,1-2H3,(H,14,16,19). The molecular formula is C12H11ClN2O3S. The maximum Gasteiger partial charge on any atom is 0.251 e. The molecule has 0 bridgehead atoms. The number of methoxy groups -OCH3 is 2. The normalized spacial score (nSPS) is 10.3. The van der Waals surface area contributed by atoms with Gasteiger partial charge in [0, 0.05) is 18.3 Å². The first-order valence-electron chi connectivity index (χ1n) is 5.30. The van der Waals surface area contributed by atoms with Gasteiger partial charge in [0.1, 0.15) is 11.5 Å². The first-order chi connectivity index (χ1) is 9.06. The summed E-state index contributed by atoms with van der Waals surface area (Å²) < 4.78 is 12.3. The van der Waals surface area contributed by atoms with Crippen molar-refractivity contribution in [3.63, 3.8) is 0 Å². The van der Waals surface area contributed by atoms with E-state index >= 15 is 0 Å². The molecule has 1 aromatic carbocycles. The van der Waals surface area contributed by atoms with Crippen LogP contribution in [0, 0.1) is 4.77 Å². The van der Waals surface area contributed by atoms with Crippen molar-refractivity contribution in [1.82, 2.24) is 9.55 Å². The van der Waals surface area contributed by atoms with Crippen molar-refractivity contribution in [1.29, 1.82) is 0 Å². The lowest BCUT2D eigenvalue weighted by Gasteiger charge is -2.14. The summed E-state index contributed by atoms with van der Waals surface area (Å²) in [4.78, 5) is 13.7. The Bertz CT molecular complexity index is 724. The summed E-state index contributed by atoms with van der Waals surface area (Å²) in [6, 6.07) is 4.69. The minimum atomic E-state index is -0.264. The van der Waals surface area contributed by atoms with Gasteiger partial charge in [0.2, 0.25) is 0 Å². The van der Waals surface area contributed by atoms with Crippen molar-refractivity contribution in [3.8, 4) is 17.2 Å². The van der Waals surface area contributed by atoms with Crippen molar-refractivity contribution < 1.29 is 9.47 Å². The smallest absolute Gasteiger partial charge is 0.251 e. The van der Waals surface area contributed by atoms with Gasteiger partial charge in [0.25, 0.3) is 5.56 Å². The van der Waals surface area contributed by atoms with Crippen LogP contribution in [0.4, 0.5) is 0 Å². The van der Waals surface area contributed by atoms with Gasteiger partial charge >= 0.3 is 0 Å². The Morgan fingerprint density at radius 1 is 1.26 bits per heavy atom. The second-order valence-electron chi connectivity index (χ2n) is 3.64. The van der Waals surface area contributed by atoms with Crippen LogP contribution in [-0.2, 0) is 0 Å². The second-order valence-corrected chi connectivity index (χ2v) is 4.43. The van der Waals surface area contributed by atoms with E-state index < -0.39 is 0 Å². The highest BCUT2D eigenvalue weighted by Crippen LogP contribution is 2.34. The SMILES string of the molecule is COc1cc(OC)c(-n2ccc(=O)[nH]c2=S)cc1Cl. The maximum absolute atomic E-state index is 11.2. The summed E-state index contributed by atoms with van der Waals surface area (Å²) in [7, 11) is 3.05. The van der Waals surface area contributed by atoms with E-state index in [2.05, 4.69) is 4.98 Å². The number of rotatable bonds is 3. The number of aromatic nitrogens is 2. The second kappa shape index (κ2) is 5.46. The molecule has 0 aliphatic carbocycles. The van der Waals surface area contributed by atoms with Gasteiger partial charge in [-0.25, -0.2) is 0 Å². The predicted octanol–water partition coefficient (Wildman–Crippen LogP) is 2.57. The Morgan fingerprint density at radius 3 is 2.53 bits per heavy atom. The molecule has 0 amide bonds. The molecule has 1 aromatic heterocycles. The average Bonchev–Trinajstić information content (AvgIpc) is 2.38. The van der Waals surface area contributed by atoms with Crippen molar-refractivity contribution in [2.24, 2.45) is 0 Å². The van der Waals surface area contributed by atoms with Gasteiger partial charge in [-0.05, 0) is 18.3 Å². The zero-order valence-corrected chi connectivity index (χ0v) is 11.8. The molecule has 1 N–H and O–H groups in total. The molecule has 5 nitrogen and oxygen atoms in total. The summed E-state index contributed by atoms with van der Waals surface area (Å²) >= 11 is 11.2. The van der Waals surface area contributed by atoms with Crippen LogP contribution < -0.4 is 15.0 Å². The zero-order chi connectivity index (χ0) is 14.0. The highest BCUT2D eigenvalue weighted by Gasteiger charge is 2.11. The molecule has 19 heavy (non-hydrogen) atoms. The molecule has 100 valence electrons. The van der Waals surface area contributed by atoms with Crippen molar-refractivity contribution in [2.45, 2.75) is 0 Å². The summed E-state index contributed by atoms with van der Waals surface area (Å²) in [5, 5.41) is 0.423. The fraction of sp³-hybridized carbons (Fsp3) is 0.167. The van der Waals surface area contributed by atoms with E-state index in [1.165, 1.54) is 20.3 Å². The maximum atomic E-state index is 11.2. The van der Waals surface area contributed by atoms with E-state index in [0.717, 1.165) is 0 Å². The quantitative estimate of drug-likeness (QED) is 0.885. The van der Waals surface area contributed by atoms with Gasteiger partial charge in [0.15, 0.2) is 4.77 Å². The lowest BCUT2D eigenvalue weighted by Crippen LogP contribution is -2.10. The number of ether oxygens (including phenoxy) is 2. The largest absolute Gasteiger partial charge is 0.495 e. The summed E-state index contributed by atoms with van der Waals surface area (Å²) in [6.45, 7) is 0. The van der Waals surface area contributed by atoms with Gasteiger partial charge in [-0.15, -0.1) is 0 Å². The average molecular weight is 299 g/mol. The third kappa shape index (κ3) is 2.64. The molecule has 0 saturated heterocycles. The first kappa shape index (κ1) is 13.6. The number of H-pyrrole nitrogens is 1. The fourth-order valence-corrected chi connectivity index (χ4v) is 2.13. The van der Waals surface area contributed by atoms with Gasteiger partial charge in [-0.2, -0.15) is 0 Å². The van der Waals surface area contributed by atoms with Crippen LogP contribution in [0.3, 0.4) is 0 Å². The summed E-state index contributed by atoms with van der Waals surface area (Å²) in [5.41, 5.74) is 0.356. The lowest BCUT2D eigenvalue weighted by molar-refractivity contribution is 0.393. The Kier molecular flexibility index (Phi) is 3.92. The van der Waals surface area contributed by atoms with Gasteiger partial charge in [-0.1, -0.05) is 11.6 Å². The number of hydrogen-bond acceptors (Lipinski definition) is 4. The zero-order valence-electron chi connectivity index (χ0n) is 10.3. The number of nitrogens with zero attached hydrogens (tertiary/aromatic N) is 1. The summed E-state index contributed by atoms with van der Waals surface area (Å²) in [6.07, 6.45) is 1.56. The number of hydrogen-bond donors (Lipinski definition) is 1. The van der Waals surface area contributed by atoms with Crippen LogP contribution in [0.5, 0.6) is 11.5 Å². The number of benzene rings is 1. The lowest BCUT2D eigenvalue weighted by atomic mass is 10.2. The molecule has 0 spiro atoms. The van der Waals surface area contributed by atoms with Gasteiger partial charge in [-0.3, -0.25) is 14.3 Å². The van der Waals surface area contributed by atoms with Crippen molar-refractivity contribution in [3.05, 3.63) is 44.5 Å². The number of aromatic amines is 1. The van der Waals surface area contributed by atoms with Gasteiger partial charge < -0.3 is 9.47 Å². The topological polar surface area (TPSA) is 56.2 Å². The van der Waals surface area contributed by atoms with E-state index in [9.17, 15) is 4.79 Å². The van der Waals surface area contributed by atoms with E-state index in [1.54, 1.807) is 22.9 Å². The molecule has 0 atom stereocenters. The molecule has 0 radical (unpaired) electrons. The molecule has 0 saturated carbocycles. The van der Waals surface area contributed by atoms with E-state index in [0.29, 0.717) is 22.2 Å². The van der Waals surface area contributed by atoms with Crippen molar-refractivity contribution in [2.75, 3.05) is 14.2 Å². The molecule has 2 rings (SSSR count). The van der Waals surface area contributed by atoms with Crippen LogP contribution in [0.1, 0.15) is 0 Å². The van der Waals surface area contributed by atoms with Crippen LogP contribution in [-0.4, -0.2) is 23.8 Å². The highest BCUT2D eigenvalue weighted by atomic mass is 35.5. The fourth-order valence-electron chi connectivity index (χ4n) is 1.64. The Balaban J connectivity index is 2.71. The summed E-state index contributed by atoms with van der Waals surface area (Å²) in [5.74, 6) is 1.03. The number of nitrogens with one attached hydrogen (secondary N) is 1. The Labute approximate surface area is 119 Å². The molecule has 0 unspecified atom stereocenters. The van der Waals surface area contributed by atoms with E-state index in [1.807, 2.05) is 0 Å². The molecule has 1 heterocycles. The molecule has 0 aliphatic rings. The molecule has 0 fully saturated rings. The van der Waals surface area contributed by atoms with E-state index in [4.69, 9.17) is 33.3 Å². The molecule has 0 aliphatic heterocycles. The molecule has 7 heteroatoms. The molecular weight excluding hydrogens is 288 g/mol. The van der Waals surface area contributed by atoms with Crippen LogP contribution in [0.15, 0.2) is 29.2 Å². The Hall–Kier alpha value is -1.79. The minimum absolute atomic E-state index is 0.257.